The van der Waals surface area contributed by atoms with Crippen molar-refractivity contribution in [1.29, 1.82) is 0 Å². The van der Waals surface area contributed by atoms with Crippen molar-refractivity contribution in [3.8, 4) is 17.0 Å². The maximum absolute atomic E-state index is 12.5. The molecule has 3 nitrogen and oxygen atoms in total. The van der Waals surface area contributed by atoms with E-state index in [0.29, 0.717) is 12.2 Å². The van der Waals surface area contributed by atoms with E-state index in [4.69, 9.17) is 4.74 Å². The van der Waals surface area contributed by atoms with Crippen LogP contribution in [0.3, 0.4) is 0 Å². The Kier molecular flexibility index (Phi) is 2.77. The molecule has 0 radical (unpaired) electrons. The van der Waals surface area contributed by atoms with E-state index in [-0.39, 0.29) is 5.41 Å². The number of ether oxygens (including phenoxy) is 1. The average Bonchev–Trinajstić information content (AvgIpc) is 2.84. The van der Waals surface area contributed by atoms with Crippen LogP contribution in [0.5, 0.6) is 5.75 Å². The zero-order chi connectivity index (χ0) is 15.5. The van der Waals surface area contributed by atoms with Gasteiger partial charge in [0, 0.05) is 35.5 Å². The monoisotopic (exact) mass is 295 g/mol. The highest BCUT2D eigenvalue weighted by Crippen LogP contribution is 2.41. The van der Waals surface area contributed by atoms with E-state index in [1.807, 2.05) is 6.07 Å². The first-order valence-corrected chi connectivity index (χ1v) is 7.91. The van der Waals surface area contributed by atoms with Crippen LogP contribution < -0.4 is 4.74 Å². The second-order valence-electron chi connectivity index (χ2n) is 7.26. The molecule has 0 bridgehead atoms. The summed E-state index contributed by atoms with van der Waals surface area (Å²) in [5.74, 6) is 1.20. The number of carbonyl (C=O) groups is 1. The van der Waals surface area contributed by atoms with E-state index in [1.165, 1.54) is 22.5 Å². The lowest BCUT2D eigenvalue weighted by molar-refractivity contribution is 0.0910. The number of rotatable bonds is 1. The minimum absolute atomic E-state index is 0.0688. The van der Waals surface area contributed by atoms with Gasteiger partial charge >= 0.3 is 0 Å². The van der Waals surface area contributed by atoms with E-state index >= 15 is 0 Å². The highest BCUT2D eigenvalue weighted by atomic mass is 16.5. The molecule has 1 aromatic carbocycles. The van der Waals surface area contributed by atoms with Gasteiger partial charge in [-0.25, -0.2) is 0 Å². The summed E-state index contributed by atoms with van der Waals surface area (Å²) in [5, 5.41) is 0. The molecule has 1 aliphatic heterocycles. The third-order valence-corrected chi connectivity index (χ3v) is 4.99. The molecule has 2 aromatic rings. The summed E-state index contributed by atoms with van der Waals surface area (Å²) in [5.41, 5.74) is 6.00. The molecule has 1 aliphatic carbocycles. The Bertz CT molecular complexity index is 783. The number of fused-ring (bicyclic) bond motifs is 5. The van der Waals surface area contributed by atoms with Gasteiger partial charge in [0.25, 0.3) is 0 Å². The number of nitrogens with zero attached hydrogens (tertiary/aromatic N) is 1. The van der Waals surface area contributed by atoms with Gasteiger partial charge < -0.3 is 9.30 Å². The molecule has 4 rings (SSSR count). The number of aromatic nitrogens is 1. The van der Waals surface area contributed by atoms with Gasteiger partial charge in [0.2, 0.25) is 0 Å². The molecule has 2 heterocycles. The average molecular weight is 295 g/mol. The molecule has 0 fully saturated rings. The Morgan fingerprint density at radius 1 is 1.14 bits per heavy atom. The van der Waals surface area contributed by atoms with Crippen LogP contribution in [-0.2, 0) is 19.4 Å². The van der Waals surface area contributed by atoms with Crippen LogP contribution in [0, 0.1) is 5.41 Å². The second kappa shape index (κ2) is 4.48. The third kappa shape index (κ3) is 1.92. The Morgan fingerprint density at radius 3 is 2.73 bits per heavy atom. The predicted molar refractivity (Wildman–Crippen MR) is 86.6 cm³/mol. The summed E-state index contributed by atoms with van der Waals surface area (Å²) < 4.78 is 7.70. The number of carbonyl (C=O) groups excluding carboxylic acids is 1. The molecule has 0 saturated carbocycles. The Labute approximate surface area is 130 Å². The quantitative estimate of drug-likeness (QED) is 0.799. The topological polar surface area (TPSA) is 31.2 Å². The Morgan fingerprint density at radius 2 is 1.95 bits per heavy atom. The van der Waals surface area contributed by atoms with Gasteiger partial charge in [-0.3, -0.25) is 4.79 Å². The van der Waals surface area contributed by atoms with Gasteiger partial charge in [-0.2, -0.15) is 0 Å². The Balaban J connectivity index is 1.88. The Hall–Kier alpha value is -2.03. The van der Waals surface area contributed by atoms with Crippen LogP contribution in [0.2, 0.25) is 0 Å². The normalized spacial score (nSPS) is 18.4. The van der Waals surface area contributed by atoms with Crippen molar-refractivity contribution in [1.82, 2.24) is 4.57 Å². The standard InChI is InChI=1S/C19H21NO2/c1-19(2)10-17-15(18(21)11-19)9-16-14-5-4-13(22-3)8-12(14)6-7-20(16)17/h4-5,8-9H,6-7,10-11H2,1-3H3. The van der Waals surface area contributed by atoms with Crippen LogP contribution in [0.15, 0.2) is 24.3 Å². The zero-order valence-corrected chi connectivity index (χ0v) is 13.4. The summed E-state index contributed by atoms with van der Waals surface area (Å²) in [6.45, 7) is 5.33. The van der Waals surface area contributed by atoms with E-state index in [9.17, 15) is 4.79 Å². The van der Waals surface area contributed by atoms with Crippen molar-refractivity contribution in [3.63, 3.8) is 0 Å². The highest BCUT2D eigenvalue weighted by Gasteiger charge is 2.35. The lowest BCUT2D eigenvalue weighted by Crippen LogP contribution is -2.28. The number of hydrogen-bond donors (Lipinski definition) is 0. The molecule has 0 atom stereocenters. The number of ketones is 1. The lowest BCUT2D eigenvalue weighted by Gasteiger charge is -2.30. The second-order valence-corrected chi connectivity index (χ2v) is 7.26. The first-order valence-electron chi connectivity index (χ1n) is 7.91. The molecule has 2 aliphatic rings. The van der Waals surface area contributed by atoms with Crippen LogP contribution in [0.1, 0.15) is 41.9 Å². The molecular formula is C19H21NO2. The van der Waals surface area contributed by atoms with E-state index in [0.717, 1.165) is 30.7 Å². The third-order valence-electron chi connectivity index (χ3n) is 4.99. The molecular weight excluding hydrogens is 274 g/mol. The van der Waals surface area contributed by atoms with Gasteiger partial charge in [-0.1, -0.05) is 13.8 Å². The molecule has 0 saturated heterocycles. The summed E-state index contributed by atoms with van der Waals surface area (Å²) in [6.07, 6.45) is 2.63. The van der Waals surface area contributed by atoms with Crippen molar-refractivity contribution in [2.45, 2.75) is 39.7 Å². The fourth-order valence-electron chi connectivity index (χ4n) is 3.93. The summed E-state index contributed by atoms with van der Waals surface area (Å²) in [4.78, 5) is 12.5. The van der Waals surface area contributed by atoms with E-state index in [2.05, 4.69) is 36.6 Å². The fraction of sp³-hybridized carbons (Fsp3) is 0.421. The molecule has 114 valence electrons. The first-order chi connectivity index (χ1) is 10.5. The van der Waals surface area contributed by atoms with Crippen LogP contribution >= 0.6 is 0 Å². The maximum Gasteiger partial charge on any atom is 0.165 e. The van der Waals surface area contributed by atoms with E-state index < -0.39 is 0 Å². The highest BCUT2D eigenvalue weighted by molar-refractivity contribution is 6.00. The summed E-state index contributed by atoms with van der Waals surface area (Å²) >= 11 is 0. The SMILES string of the molecule is COc1ccc2c(c1)CCn1c-2cc2c1CC(C)(C)CC2=O. The van der Waals surface area contributed by atoms with Crippen molar-refractivity contribution >= 4 is 5.78 Å². The predicted octanol–water partition coefficient (Wildman–Crippen LogP) is 3.87. The minimum Gasteiger partial charge on any atom is -0.497 e. The first kappa shape index (κ1) is 13.6. The summed E-state index contributed by atoms with van der Waals surface area (Å²) in [7, 11) is 1.70. The lowest BCUT2D eigenvalue weighted by atomic mass is 9.76. The van der Waals surface area contributed by atoms with Gasteiger partial charge in [0.1, 0.15) is 5.75 Å². The van der Waals surface area contributed by atoms with Crippen molar-refractivity contribution < 1.29 is 9.53 Å². The number of methoxy groups -OCH3 is 1. The van der Waals surface area contributed by atoms with Gasteiger partial charge in [-0.05, 0) is 48.1 Å². The molecule has 3 heteroatoms. The molecule has 0 N–H and O–H groups in total. The van der Waals surface area contributed by atoms with Crippen LogP contribution in [0.4, 0.5) is 0 Å². The zero-order valence-electron chi connectivity index (χ0n) is 13.4. The minimum atomic E-state index is 0.0688. The molecule has 1 aromatic heterocycles. The largest absolute Gasteiger partial charge is 0.497 e. The number of hydrogen-bond acceptors (Lipinski definition) is 2. The number of aryl methyl sites for hydroxylation is 1. The van der Waals surface area contributed by atoms with Gasteiger partial charge in [0.05, 0.1) is 7.11 Å². The van der Waals surface area contributed by atoms with Gasteiger partial charge in [0.15, 0.2) is 5.78 Å². The van der Waals surface area contributed by atoms with Crippen molar-refractivity contribution in [2.75, 3.05) is 7.11 Å². The van der Waals surface area contributed by atoms with Crippen LogP contribution in [0.25, 0.3) is 11.3 Å². The molecule has 22 heavy (non-hydrogen) atoms. The summed E-state index contributed by atoms with van der Waals surface area (Å²) in [6, 6.07) is 8.36. The smallest absolute Gasteiger partial charge is 0.165 e. The fourth-order valence-corrected chi connectivity index (χ4v) is 3.93. The number of Topliss-reactive ketones (excluding diaryl/α,β-unsaturated/α-hetero) is 1. The number of benzene rings is 1. The molecule has 0 unspecified atom stereocenters. The maximum atomic E-state index is 12.5. The van der Waals surface area contributed by atoms with Gasteiger partial charge in [-0.15, -0.1) is 0 Å². The van der Waals surface area contributed by atoms with Crippen molar-refractivity contribution in [2.24, 2.45) is 5.41 Å². The van der Waals surface area contributed by atoms with Crippen LogP contribution in [-0.4, -0.2) is 17.5 Å². The van der Waals surface area contributed by atoms with E-state index in [1.54, 1.807) is 7.11 Å². The van der Waals surface area contributed by atoms with Crippen molar-refractivity contribution in [3.05, 3.63) is 41.1 Å². The molecule has 0 spiro atoms. The molecule has 0 amide bonds.